The molecule has 0 atom stereocenters. The van der Waals surface area contributed by atoms with Crippen molar-refractivity contribution < 1.29 is 9.53 Å². The third kappa shape index (κ3) is 3.74. The Bertz CT molecular complexity index is 975. The second-order valence-electron chi connectivity index (χ2n) is 7.15. The van der Waals surface area contributed by atoms with Crippen molar-refractivity contribution in [3.8, 4) is 28.7 Å². The molecule has 0 bridgehead atoms. The van der Waals surface area contributed by atoms with Crippen molar-refractivity contribution in [3.63, 3.8) is 0 Å². The fourth-order valence-corrected chi connectivity index (χ4v) is 3.79. The maximum absolute atomic E-state index is 11.1. The van der Waals surface area contributed by atoms with Crippen molar-refractivity contribution >= 4 is 6.09 Å². The predicted molar refractivity (Wildman–Crippen MR) is 106 cm³/mol. The van der Waals surface area contributed by atoms with Gasteiger partial charge >= 0.3 is 12.1 Å². The van der Waals surface area contributed by atoms with Gasteiger partial charge in [0.05, 0.1) is 23.4 Å². The van der Waals surface area contributed by atoms with Gasteiger partial charge in [0.1, 0.15) is 0 Å². The molecule has 1 amide bonds. The number of hydrogen-bond acceptors (Lipinski definition) is 5. The monoisotopic (exact) mass is 377 g/mol. The summed E-state index contributed by atoms with van der Waals surface area (Å²) in [6.07, 6.45) is 8.46. The number of carbonyl (C=O) groups is 1. The van der Waals surface area contributed by atoms with Gasteiger partial charge in [0, 0.05) is 17.8 Å². The number of nitrogens with two attached hydrogens (primary N) is 1. The molecule has 2 N–H and O–H groups in total. The smallest absolute Gasteiger partial charge is 0.374 e. The lowest BCUT2D eigenvalue weighted by atomic mass is 9.95. The number of primary amides is 1. The van der Waals surface area contributed by atoms with Gasteiger partial charge in [-0.25, -0.2) is 14.8 Å². The number of benzene rings is 1. The van der Waals surface area contributed by atoms with E-state index in [0.29, 0.717) is 11.7 Å². The lowest BCUT2D eigenvalue weighted by Gasteiger charge is -2.25. The van der Waals surface area contributed by atoms with Gasteiger partial charge in [-0.1, -0.05) is 49.1 Å². The third-order valence-corrected chi connectivity index (χ3v) is 5.15. The van der Waals surface area contributed by atoms with E-state index in [1.54, 1.807) is 6.20 Å². The zero-order valence-corrected chi connectivity index (χ0v) is 15.8. The van der Waals surface area contributed by atoms with E-state index in [4.69, 9.17) is 15.5 Å². The minimum absolute atomic E-state index is 0.0590. The van der Waals surface area contributed by atoms with Gasteiger partial charge in [0.2, 0.25) is 0 Å². The molecule has 2 heterocycles. The molecule has 0 unspecified atom stereocenters. The van der Waals surface area contributed by atoms with Gasteiger partial charge in [-0.05, 0) is 25.8 Å². The van der Waals surface area contributed by atoms with E-state index < -0.39 is 6.09 Å². The molecular formula is C21H23N5O2. The van der Waals surface area contributed by atoms with Crippen LogP contribution < -0.4 is 10.5 Å². The highest BCUT2D eigenvalue weighted by Crippen LogP contribution is 2.37. The fraction of sp³-hybridized carbons (Fsp3) is 0.333. The Labute approximate surface area is 163 Å². The van der Waals surface area contributed by atoms with Crippen LogP contribution in [0.5, 0.6) is 6.01 Å². The quantitative estimate of drug-likeness (QED) is 0.732. The molecule has 1 fully saturated rings. The van der Waals surface area contributed by atoms with Gasteiger partial charge in [0.15, 0.2) is 0 Å². The van der Waals surface area contributed by atoms with Crippen LogP contribution in [0.1, 0.15) is 43.7 Å². The first-order valence-corrected chi connectivity index (χ1v) is 9.56. The van der Waals surface area contributed by atoms with E-state index in [0.717, 1.165) is 29.8 Å². The van der Waals surface area contributed by atoms with Crippen LogP contribution in [-0.2, 0) is 0 Å². The third-order valence-electron chi connectivity index (χ3n) is 5.15. The predicted octanol–water partition coefficient (Wildman–Crippen LogP) is 4.28. The minimum Gasteiger partial charge on any atom is -0.374 e. The summed E-state index contributed by atoms with van der Waals surface area (Å²) in [4.78, 5) is 24.2. The Morgan fingerprint density at radius 3 is 2.57 bits per heavy atom. The number of carbonyl (C=O) groups excluding carboxylic acids is 1. The second-order valence-corrected chi connectivity index (χ2v) is 7.15. The summed E-state index contributed by atoms with van der Waals surface area (Å²) in [7, 11) is 0. The van der Waals surface area contributed by atoms with Crippen molar-refractivity contribution in [2.75, 3.05) is 0 Å². The maximum atomic E-state index is 11.1. The number of rotatable bonds is 4. The molecule has 1 aromatic carbocycles. The molecule has 3 aromatic rings. The lowest BCUT2D eigenvalue weighted by molar-refractivity contribution is 0.207. The van der Waals surface area contributed by atoms with Gasteiger partial charge in [-0.3, -0.25) is 0 Å². The lowest BCUT2D eigenvalue weighted by Crippen LogP contribution is -2.18. The first-order valence-electron chi connectivity index (χ1n) is 9.56. The number of nitrogens with zero attached hydrogens (tertiary/aromatic N) is 4. The fourth-order valence-electron chi connectivity index (χ4n) is 3.79. The second kappa shape index (κ2) is 7.80. The standard InChI is InChI=1S/C21H23N5O2/c1-14-7-9-15(10-8-14)18-19(17-11-12-23-21(25-17)28-20(22)27)26(13-24-18)16-5-3-2-4-6-16/h7-13,16H,2-6H2,1H3,(H2,22,27). The zero-order valence-electron chi connectivity index (χ0n) is 15.8. The average molecular weight is 377 g/mol. The maximum Gasteiger partial charge on any atom is 0.412 e. The summed E-state index contributed by atoms with van der Waals surface area (Å²) in [6.45, 7) is 2.06. The summed E-state index contributed by atoms with van der Waals surface area (Å²) in [5, 5.41) is 0. The number of ether oxygens (including phenoxy) is 1. The highest BCUT2D eigenvalue weighted by atomic mass is 16.6. The first-order chi connectivity index (χ1) is 13.6. The van der Waals surface area contributed by atoms with Crippen LogP contribution in [0.25, 0.3) is 22.6 Å². The van der Waals surface area contributed by atoms with Crippen LogP contribution in [0.2, 0.25) is 0 Å². The largest absolute Gasteiger partial charge is 0.412 e. The molecule has 7 heteroatoms. The van der Waals surface area contributed by atoms with E-state index in [1.165, 1.54) is 24.8 Å². The Hall–Kier alpha value is -3.22. The van der Waals surface area contributed by atoms with Crippen LogP contribution in [-0.4, -0.2) is 25.6 Å². The van der Waals surface area contributed by atoms with Crippen LogP contribution >= 0.6 is 0 Å². The highest BCUT2D eigenvalue weighted by molar-refractivity contribution is 5.77. The molecule has 2 aromatic heterocycles. The van der Waals surface area contributed by atoms with Gasteiger partial charge in [0.25, 0.3) is 0 Å². The summed E-state index contributed by atoms with van der Waals surface area (Å²) in [5.41, 5.74) is 9.75. The van der Waals surface area contributed by atoms with Gasteiger partial charge in [-0.2, -0.15) is 4.98 Å². The van der Waals surface area contributed by atoms with Crippen LogP contribution in [0.15, 0.2) is 42.9 Å². The Morgan fingerprint density at radius 2 is 1.86 bits per heavy atom. The van der Waals surface area contributed by atoms with E-state index in [9.17, 15) is 4.79 Å². The SMILES string of the molecule is Cc1ccc(-c2ncn(C3CCCCC3)c2-c2ccnc(OC(N)=O)n2)cc1. The number of aromatic nitrogens is 4. The summed E-state index contributed by atoms with van der Waals surface area (Å²) in [5.74, 6) is 0. The molecule has 4 rings (SSSR count). The highest BCUT2D eigenvalue weighted by Gasteiger charge is 2.23. The Kier molecular flexibility index (Phi) is 5.06. The van der Waals surface area contributed by atoms with Crippen molar-refractivity contribution in [3.05, 3.63) is 48.4 Å². The number of hydrogen-bond donors (Lipinski definition) is 1. The van der Waals surface area contributed by atoms with Gasteiger partial charge < -0.3 is 15.0 Å². The molecule has 0 radical (unpaired) electrons. The normalized spacial score (nSPS) is 14.8. The summed E-state index contributed by atoms with van der Waals surface area (Å²) < 4.78 is 7.10. The first kappa shape index (κ1) is 18.2. The van der Waals surface area contributed by atoms with E-state index in [1.807, 2.05) is 12.4 Å². The van der Waals surface area contributed by atoms with Crippen LogP contribution in [0.3, 0.4) is 0 Å². The van der Waals surface area contributed by atoms with Crippen molar-refractivity contribution in [2.24, 2.45) is 5.73 Å². The number of imidazole rings is 1. The van der Waals surface area contributed by atoms with E-state index in [-0.39, 0.29) is 6.01 Å². The molecule has 0 saturated heterocycles. The molecule has 1 saturated carbocycles. The summed E-state index contributed by atoms with van der Waals surface area (Å²) in [6, 6.07) is 10.4. The van der Waals surface area contributed by atoms with Crippen molar-refractivity contribution in [1.82, 2.24) is 19.5 Å². The molecule has 0 spiro atoms. The Morgan fingerprint density at radius 1 is 1.11 bits per heavy atom. The van der Waals surface area contributed by atoms with Crippen LogP contribution in [0, 0.1) is 6.92 Å². The number of amides is 1. The van der Waals surface area contributed by atoms with Gasteiger partial charge in [-0.15, -0.1) is 0 Å². The van der Waals surface area contributed by atoms with Crippen molar-refractivity contribution in [2.45, 2.75) is 45.1 Å². The van der Waals surface area contributed by atoms with E-state index in [2.05, 4.69) is 45.7 Å². The molecule has 144 valence electrons. The topological polar surface area (TPSA) is 95.9 Å². The molecule has 1 aliphatic rings. The molecule has 0 aliphatic heterocycles. The molecular weight excluding hydrogens is 354 g/mol. The Balaban J connectivity index is 1.83. The molecule has 7 nitrogen and oxygen atoms in total. The minimum atomic E-state index is -0.934. The summed E-state index contributed by atoms with van der Waals surface area (Å²) >= 11 is 0. The zero-order chi connectivity index (χ0) is 19.5. The van der Waals surface area contributed by atoms with Crippen molar-refractivity contribution in [1.29, 1.82) is 0 Å². The molecule has 1 aliphatic carbocycles. The average Bonchev–Trinajstić information content (AvgIpc) is 3.14. The number of aryl methyl sites for hydroxylation is 1. The van der Waals surface area contributed by atoms with E-state index >= 15 is 0 Å². The molecule has 28 heavy (non-hydrogen) atoms. The van der Waals surface area contributed by atoms with Crippen LogP contribution in [0.4, 0.5) is 4.79 Å².